The highest BCUT2D eigenvalue weighted by Gasteiger charge is 2.35. The van der Waals surface area contributed by atoms with Gasteiger partial charge in [0.05, 0.1) is 5.69 Å². The van der Waals surface area contributed by atoms with Gasteiger partial charge in [-0.05, 0) is 38.3 Å². The SMILES string of the molecule is Nc1cc(C(=O)N2CCN3CCCC3C2)n(C2CC2)c1. The highest BCUT2D eigenvalue weighted by atomic mass is 16.2. The quantitative estimate of drug-likeness (QED) is 0.885. The van der Waals surface area contributed by atoms with E-state index in [0.717, 1.165) is 25.3 Å². The topological polar surface area (TPSA) is 54.5 Å². The molecule has 1 aromatic rings. The number of rotatable bonds is 2. The summed E-state index contributed by atoms with van der Waals surface area (Å²) in [5, 5.41) is 0. The molecule has 0 bridgehead atoms. The summed E-state index contributed by atoms with van der Waals surface area (Å²) in [6, 6.07) is 2.93. The number of nitrogen functional groups attached to an aromatic ring is 1. The lowest BCUT2D eigenvalue weighted by Gasteiger charge is -2.37. The Hall–Kier alpha value is -1.49. The molecule has 1 aliphatic carbocycles. The Bertz CT molecular complexity index is 534. The van der Waals surface area contributed by atoms with Gasteiger partial charge in [-0.3, -0.25) is 9.69 Å². The highest BCUT2D eigenvalue weighted by molar-refractivity contribution is 5.94. The Labute approximate surface area is 119 Å². The first-order chi connectivity index (χ1) is 9.72. The highest BCUT2D eigenvalue weighted by Crippen LogP contribution is 2.37. The second-order valence-corrected chi connectivity index (χ2v) is 6.38. The van der Waals surface area contributed by atoms with Gasteiger partial charge in [-0.1, -0.05) is 0 Å². The van der Waals surface area contributed by atoms with Gasteiger partial charge in [-0.2, -0.15) is 0 Å². The van der Waals surface area contributed by atoms with E-state index in [4.69, 9.17) is 5.73 Å². The summed E-state index contributed by atoms with van der Waals surface area (Å²) < 4.78 is 2.10. The Balaban J connectivity index is 1.55. The minimum Gasteiger partial charge on any atom is -0.397 e. The molecule has 0 aromatic carbocycles. The summed E-state index contributed by atoms with van der Waals surface area (Å²) in [6.07, 6.45) is 6.78. The first kappa shape index (κ1) is 12.3. The van der Waals surface area contributed by atoms with Crippen LogP contribution in [0.25, 0.3) is 0 Å². The molecule has 0 radical (unpaired) electrons. The molecule has 2 saturated heterocycles. The first-order valence-corrected chi connectivity index (χ1v) is 7.73. The van der Waals surface area contributed by atoms with Crippen LogP contribution in [0.2, 0.25) is 0 Å². The lowest BCUT2D eigenvalue weighted by Crippen LogP contribution is -2.52. The third-order valence-electron chi connectivity index (χ3n) is 4.90. The smallest absolute Gasteiger partial charge is 0.270 e. The zero-order chi connectivity index (χ0) is 13.7. The van der Waals surface area contributed by atoms with Gasteiger partial charge in [0.1, 0.15) is 5.69 Å². The minimum atomic E-state index is 0.167. The van der Waals surface area contributed by atoms with Crippen molar-refractivity contribution < 1.29 is 4.79 Å². The maximum atomic E-state index is 12.8. The van der Waals surface area contributed by atoms with Crippen molar-refractivity contribution in [2.75, 3.05) is 31.9 Å². The summed E-state index contributed by atoms with van der Waals surface area (Å²) in [6.45, 7) is 3.97. The maximum absolute atomic E-state index is 12.8. The molecule has 1 atom stereocenters. The normalized spacial score (nSPS) is 26.8. The molecule has 1 unspecified atom stereocenters. The second kappa shape index (κ2) is 4.52. The van der Waals surface area contributed by atoms with Crippen molar-refractivity contribution in [3.8, 4) is 0 Å². The minimum absolute atomic E-state index is 0.167. The molecule has 1 aromatic heterocycles. The van der Waals surface area contributed by atoms with Gasteiger partial charge in [0.2, 0.25) is 0 Å². The summed E-state index contributed by atoms with van der Waals surface area (Å²) >= 11 is 0. The zero-order valence-electron chi connectivity index (χ0n) is 11.8. The van der Waals surface area contributed by atoms with Crippen LogP contribution in [-0.4, -0.2) is 52.5 Å². The van der Waals surface area contributed by atoms with Gasteiger partial charge in [0, 0.05) is 37.9 Å². The van der Waals surface area contributed by atoms with Gasteiger partial charge in [0.25, 0.3) is 5.91 Å². The van der Waals surface area contributed by atoms with Crippen molar-refractivity contribution in [1.82, 2.24) is 14.4 Å². The van der Waals surface area contributed by atoms with Crippen molar-refractivity contribution in [2.24, 2.45) is 0 Å². The molecule has 2 aliphatic heterocycles. The van der Waals surface area contributed by atoms with Crippen LogP contribution in [-0.2, 0) is 0 Å². The van der Waals surface area contributed by atoms with Crippen LogP contribution < -0.4 is 5.73 Å². The molecule has 3 fully saturated rings. The number of aromatic nitrogens is 1. The van der Waals surface area contributed by atoms with Crippen LogP contribution in [0.3, 0.4) is 0 Å². The molecule has 4 rings (SSSR count). The van der Waals surface area contributed by atoms with Crippen molar-refractivity contribution in [3.63, 3.8) is 0 Å². The molecule has 5 heteroatoms. The van der Waals surface area contributed by atoms with Crippen LogP contribution in [0.1, 0.15) is 42.2 Å². The van der Waals surface area contributed by atoms with Gasteiger partial charge in [-0.15, -0.1) is 0 Å². The Morgan fingerprint density at radius 3 is 2.80 bits per heavy atom. The van der Waals surface area contributed by atoms with Crippen molar-refractivity contribution in [3.05, 3.63) is 18.0 Å². The van der Waals surface area contributed by atoms with E-state index in [9.17, 15) is 4.79 Å². The third kappa shape index (κ3) is 2.00. The Kier molecular flexibility index (Phi) is 2.77. The molecule has 3 heterocycles. The zero-order valence-corrected chi connectivity index (χ0v) is 11.8. The lowest BCUT2D eigenvalue weighted by atomic mass is 10.1. The van der Waals surface area contributed by atoms with Crippen molar-refractivity contribution >= 4 is 11.6 Å². The second-order valence-electron chi connectivity index (χ2n) is 6.38. The van der Waals surface area contributed by atoms with Gasteiger partial charge >= 0.3 is 0 Å². The van der Waals surface area contributed by atoms with Crippen LogP contribution in [0, 0.1) is 0 Å². The largest absolute Gasteiger partial charge is 0.397 e. The first-order valence-electron chi connectivity index (χ1n) is 7.73. The van der Waals surface area contributed by atoms with Crippen LogP contribution in [0.4, 0.5) is 5.69 Å². The van der Waals surface area contributed by atoms with E-state index in [1.807, 2.05) is 17.2 Å². The van der Waals surface area contributed by atoms with E-state index in [1.54, 1.807) is 0 Å². The molecule has 108 valence electrons. The molecule has 0 spiro atoms. The van der Waals surface area contributed by atoms with Crippen molar-refractivity contribution in [2.45, 2.75) is 37.8 Å². The number of fused-ring (bicyclic) bond motifs is 1. The van der Waals surface area contributed by atoms with E-state index >= 15 is 0 Å². The molecular formula is C15H22N4O. The summed E-state index contributed by atoms with van der Waals surface area (Å²) in [5.41, 5.74) is 7.39. The van der Waals surface area contributed by atoms with Crippen LogP contribution in [0.15, 0.2) is 12.3 Å². The number of hydrogen-bond acceptors (Lipinski definition) is 3. The van der Waals surface area contributed by atoms with Gasteiger partial charge in [0.15, 0.2) is 0 Å². The summed E-state index contributed by atoms with van der Waals surface area (Å²) in [5.74, 6) is 0.167. The summed E-state index contributed by atoms with van der Waals surface area (Å²) in [4.78, 5) is 17.3. The Morgan fingerprint density at radius 1 is 1.15 bits per heavy atom. The number of anilines is 1. The number of carbonyl (C=O) groups is 1. The third-order valence-corrected chi connectivity index (χ3v) is 4.90. The fraction of sp³-hybridized carbons (Fsp3) is 0.667. The predicted molar refractivity (Wildman–Crippen MR) is 77.6 cm³/mol. The molecule has 3 aliphatic rings. The summed E-state index contributed by atoms with van der Waals surface area (Å²) in [7, 11) is 0. The number of nitrogens with two attached hydrogens (primary N) is 1. The van der Waals surface area contributed by atoms with E-state index in [1.165, 1.54) is 32.2 Å². The molecule has 5 nitrogen and oxygen atoms in total. The molecule has 2 N–H and O–H groups in total. The number of piperazine rings is 1. The van der Waals surface area contributed by atoms with Crippen molar-refractivity contribution in [1.29, 1.82) is 0 Å². The fourth-order valence-corrected chi connectivity index (χ4v) is 3.66. The van der Waals surface area contributed by atoms with E-state index in [0.29, 0.717) is 17.8 Å². The predicted octanol–water partition coefficient (Wildman–Crippen LogP) is 1.33. The number of amides is 1. The van der Waals surface area contributed by atoms with E-state index in [-0.39, 0.29) is 5.91 Å². The molecule has 1 amide bonds. The number of carbonyl (C=O) groups excluding carboxylic acids is 1. The van der Waals surface area contributed by atoms with E-state index in [2.05, 4.69) is 9.47 Å². The fourth-order valence-electron chi connectivity index (χ4n) is 3.66. The number of nitrogens with zero attached hydrogens (tertiary/aromatic N) is 3. The maximum Gasteiger partial charge on any atom is 0.270 e. The van der Waals surface area contributed by atoms with Gasteiger partial charge in [-0.25, -0.2) is 0 Å². The monoisotopic (exact) mass is 274 g/mol. The van der Waals surface area contributed by atoms with Gasteiger partial charge < -0.3 is 15.2 Å². The average molecular weight is 274 g/mol. The lowest BCUT2D eigenvalue weighted by molar-refractivity contribution is 0.0561. The van der Waals surface area contributed by atoms with Crippen LogP contribution in [0.5, 0.6) is 0 Å². The molecule has 1 saturated carbocycles. The average Bonchev–Trinajstić information content (AvgIpc) is 3.06. The molecule has 20 heavy (non-hydrogen) atoms. The standard InChI is InChI=1S/C15H22N4O/c16-11-8-14(19(9-11)12-3-4-12)15(20)18-7-6-17-5-1-2-13(17)10-18/h8-9,12-13H,1-7,10,16H2. The van der Waals surface area contributed by atoms with E-state index < -0.39 is 0 Å². The van der Waals surface area contributed by atoms with Crippen LogP contribution >= 0.6 is 0 Å². The number of hydrogen-bond donors (Lipinski definition) is 1. The Morgan fingerprint density at radius 2 is 2.00 bits per heavy atom. The molecular weight excluding hydrogens is 252 g/mol.